The third kappa shape index (κ3) is 2.02. The van der Waals surface area contributed by atoms with Gasteiger partial charge in [0.25, 0.3) is 0 Å². The second kappa shape index (κ2) is 3.83. The quantitative estimate of drug-likeness (QED) is 0.486. The van der Waals surface area contributed by atoms with Crippen molar-refractivity contribution in [3.05, 3.63) is 36.0 Å². The maximum absolute atomic E-state index is 3.87. The zero-order valence-corrected chi connectivity index (χ0v) is 6.12. The van der Waals surface area contributed by atoms with Gasteiger partial charge in [-0.2, -0.15) is 0 Å². The zero-order valence-electron chi connectivity index (χ0n) is 6.12. The predicted octanol–water partition coefficient (Wildman–Crippen LogP) is 2.13. The van der Waals surface area contributed by atoms with Crippen LogP contribution >= 0.6 is 0 Å². The van der Waals surface area contributed by atoms with Gasteiger partial charge in [0.05, 0.1) is 0 Å². The van der Waals surface area contributed by atoms with Crippen LogP contribution in [0, 0.1) is 0 Å². The van der Waals surface area contributed by atoms with Crippen molar-refractivity contribution in [3.63, 3.8) is 0 Å². The van der Waals surface area contributed by atoms with Crippen LogP contribution in [0.1, 0.15) is 6.42 Å². The van der Waals surface area contributed by atoms with Gasteiger partial charge in [-0.1, -0.05) is 24.3 Å². The van der Waals surface area contributed by atoms with Crippen molar-refractivity contribution in [1.82, 2.24) is 0 Å². The van der Waals surface area contributed by atoms with E-state index >= 15 is 0 Å². The molecule has 0 aliphatic heterocycles. The average Bonchev–Trinajstić information content (AvgIpc) is 2.03. The predicted molar refractivity (Wildman–Crippen MR) is 45.4 cm³/mol. The molecule has 0 aromatic heterocycles. The molecule has 0 aromatic rings. The Morgan fingerprint density at radius 3 is 3.00 bits per heavy atom. The topological polar surface area (TPSA) is 12.4 Å². The molecule has 0 radical (unpaired) electrons. The van der Waals surface area contributed by atoms with E-state index in [4.69, 9.17) is 0 Å². The molecule has 0 heterocycles. The van der Waals surface area contributed by atoms with Crippen LogP contribution in [0.5, 0.6) is 0 Å². The van der Waals surface area contributed by atoms with Crippen LogP contribution < -0.4 is 0 Å². The largest absolute Gasteiger partial charge is 0.297 e. The Morgan fingerprint density at radius 2 is 2.40 bits per heavy atom. The lowest BCUT2D eigenvalue weighted by atomic mass is 10.1. The summed E-state index contributed by atoms with van der Waals surface area (Å²) in [6, 6.07) is 0. The third-order valence-electron chi connectivity index (χ3n) is 1.35. The van der Waals surface area contributed by atoms with Crippen LogP contribution in [0.25, 0.3) is 0 Å². The lowest BCUT2D eigenvalue weighted by Crippen LogP contribution is -1.80. The molecule has 52 valence electrons. The van der Waals surface area contributed by atoms with Crippen LogP contribution in [0.2, 0.25) is 0 Å². The van der Waals surface area contributed by atoms with Gasteiger partial charge in [-0.3, -0.25) is 4.99 Å². The molecular formula is C9H11N. The van der Waals surface area contributed by atoms with Gasteiger partial charge in [0.1, 0.15) is 0 Å². The molecule has 1 rings (SSSR count). The lowest BCUT2D eigenvalue weighted by Gasteiger charge is -1.97. The molecule has 0 aromatic carbocycles. The van der Waals surface area contributed by atoms with E-state index in [1.807, 2.05) is 18.4 Å². The lowest BCUT2D eigenvalue weighted by molar-refractivity contribution is 1.27. The van der Waals surface area contributed by atoms with E-state index in [2.05, 4.69) is 23.2 Å². The summed E-state index contributed by atoms with van der Waals surface area (Å²) in [4.78, 5) is 3.87. The van der Waals surface area contributed by atoms with E-state index < -0.39 is 0 Å². The van der Waals surface area contributed by atoms with Crippen LogP contribution in [-0.2, 0) is 0 Å². The Hall–Kier alpha value is -1.11. The van der Waals surface area contributed by atoms with Gasteiger partial charge in [-0.15, -0.1) is 0 Å². The highest BCUT2D eigenvalue weighted by atomic mass is 14.6. The number of rotatable bonds is 1. The summed E-state index contributed by atoms with van der Waals surface area (Å²) in [5.41, 5.74) is 1.31. The fourth-order valence-electron chi connectivity index (χ4n) is 0.824. The molecule has 0 saturated heterocycles. The van der Waals surface area contributed by atoms with Gasteiger partial charge in [0.15, 0.2) is 0 Å². The van der Waals surface area contributed by atoms with Gasteiger partial charge < -0.3 is 0 Å². The fourth-order valence-corrected chi connectivity index (χ4v) is 0.824. The molecule has 0 bridgehead atoms. The molecule has 0 unspecified atom stereocenters. The van der Waals surface area contributed by atoms with Gasteiger partial charge in [0.2, 0.25) is 0 Å². The van der Waals surface area contributed by atoms with Crippen molar-refractivity contribution < 1.29 is 0 Å². The van der Waals surface area contributed by atoms with Crippen LogP contribution in [-0.4, -0.2) is 13.3 Å². The van der Waals surface area contributed by atoms with Crippen molar-refractivity contribution in [2.75, 3.05) is 7.05 Å². The molecule has 1 aliphatic rings. The average molecular weight is 133 g/mol. The van der Waals surface area contributed by atoms with Gasteiger partial charge in [-0.25, -0.2) is 0 Å². The fraction of sp³-hybridized carbons (Fsp3) is 0.222. The third-order valence-corrected chi connectivity index (χ3v) is 1.35. The SMILES string of the molecule is CN=C/C=C1/C=CC=CC1. The minimum atomic E-state index is 1.03. The second-order valence-corrected chi connectivity index (χ2v) is 2.14. The van der Waals surface area contributed by atoms with Gasteiger partial charge >= 0.3 is 0 Å². The van der Waals surface area contributed by atoms with Crippen molar-refractivity contribution in [1.29, 1.82) is 0 Å². The van der Waals surface area contributed by atoms with Crippen molar-refractivity contribution in [3.8, 4) is 0 Å². The first kappa shape index (κ1) is 7.00. The minimum absolute atomic E-state index is 1.03. The summed E-state index contributed by atoms with van der Waals surface area (Å²) in [6.45, 7) is 0. The maximum Gasteiger partial charge on any atom is 0.0277 e. The van der Waals surface area contributed by atoms with Crippen LogP contribution in [0.4, 0.5) is 0 Å². The minimum Gasteiger partial charge on any atom is -0.297 e. The van der Waals surface area contributed by atoms with Crippen LogP contribution in [0.15, 0.2) is 40.9 Å². The molecule has 0 amide bonds. The van der Waals surface area contributed by atoms with Crippen LogP contribution in [0.3, 0.4) is 0 Å². The first-order valence-electron chi connectivity index (χ1n) is 3.38. The van der Waals surface area contributed by atoms with Crippen molar-refractivity contribution in [2.24, 2.45) is 4.99 Å². The molecule has 0 fully saturated rings. The Kier molecular flexibility index (Phi) is 2.68. The Balaban J connectivity index is 2.58. The first-order valence-corrected chi connectivity index (χ1v) is 3.38. The van der Waals surface area contributed by atoms with E-state index in [9.17, 15) is 0 Å². The van der Waals surface area contributed by atoms with Crippen molar-refractivity contribution in [2.45, 2.75) is 6.42 Å². The van der Waals surface area contributed by atoms with E-state index in [0.29, 0.717) is 0 Å². The monoisotopic (exact) mass is 133 g/mol. The van der Waals surface area contributed by atoms with Gasteiger partial charge in [-0.05, 0) is 18.1 Å². The van der Waals surface area contributed by atoms with E-state index in [1.54, 1.807) is 7.05 Å². The highest BCUT2D eigenvalue weighted by Crippen LogP contribution is 2.08. The van der Waals surface area contributed by atoms with Crippen molar-refractivity contribution >= 4 is 6.21 Å². The molecule has 0 N–H and O–H groups in total. The number of hydrogen-bond acceptors (Lipinski definition) is 1. The molecule has 1 aliphatic carbocycles. The molecule has 0 atom stereocenters. The summed E-state index contributed by atoms with van der Waals surface area (Å²) in [6.07, 6.45) is 13.2. The summed E-state index contributed by atoms with van der Waals surface area (Å²) in [7, 11) is 1.78. The van der Waals surface area contributed by atoms with E-state index in [0.717, 1.165) is 6.42 Å². The summed E-state index contributed by atoms with van der Waals surface area (Å²) >= 11 is 0. The molecular weight excluding hydrogens is 122 g/mol. The number of aliphatic imine (C=N–C) groups is 1. The molecule has 10 heavy (non-hydrogen) atoms. The molecule has 0 saturated carbocycles. The molecule has 1 nitrogen and oxygen atoms in total. The second-order valence-electron chi connectivity index (χ2n) is 2.14. The Labute approximate surface area is 61.5 Å². The smallest absolute Gasteiger partial charge is 0.0277 e. The number of hydrogen-bond donors (Lipinski definition) is 0. The zero-order chi connectivity index (χ0) is 7.23. The van der Waals surface area contributed by atoms with Gasteiger partial charge in [0, 0.05) is 13.3 Å². The highest BCUT2D eigenvalue weighted by Gasteiger charge is 1.89. The molecule has 1 heteroatoms. The Morgan fingerprint density at radius 1 is 1.50 bits per heavy atom. The molecule has 0 spiro atoms. The number of nitrogens with zero attached hydrogens (tertiary/aromatic N) is 1. The summed E-state index contributed by atoms with van der Waals surface area (Å²) in [5.74, 6) is 0. The standard InChI is InChI=1S/C9H11N/c1-10-8-7-9-5-3-2-4-6-9/h2-5,7-8H,6H2,1H3/b9-7-,10-8?. The van der Waals surface area contributed by atoms with E-state index in [-0.39, 0.29) is 0 Å². The summed E-state index contributed by atoms with van der Waals surface area (Å²) in [5, 5.41) is 0. The normalized spacial score (nSPS) is 21.1. The number of allylic oxidation sites excluding steroid dienone is 6. The Bertz CT molecular complexity index is 207. The highest BCUT2D eigenvalue weighted by molar-refractivity contribution is 5.73. The maximum atomic E-state index is 3.87. The van der Waals surface area contributed by atoms with E-state index in [1.165, 1.54) is 5.57 Å². The first-order chi connectivity index (χ1) is 4.93. The summed E-state index contributed by atoms with van der Waals surface area (Å²) < 4.78 is 0.